The zero-order valence-electron chi connectivity index (χ0n) is 11.0. The molecule has 0 saturated carbocycles. The van der Waals surface area contributed by atoms with Crippen LogP contribution in [0.1, 0.15) is 12.8 Å². The zero-order valence-corrected chi connectivity index (χ0v) is 12.6. The molecule has 0 spiro atoms. The van der Waals surface area contributed by atoms with E-state index in [0.717, 1.165) is 4.47 Å². The van der Waals surface area contributed by atoms with Gasteiger partial charge in [-0.25, -0.2) is 4.98 Å². The van der Waals surface area contributed by atoms with Gasteiger partial charge in [-0.15, -0.1) is 0 Å². The summed E-state index contributed by atoms with van der Waals surface area (Å²) in [5.41, 5.74) is 5.33. The van der Waals surface area contributed by atoms with Crippen LogP contribution in [0.3, 0.4) is 0 Å². The van der Waals surface area contributed by atoms with Crippen LogP contribution in [0.5, 0.6) is 0 Å². The van der Waals surface area contributed by atoms with Crippen molar-refractivity contribution in [2.45, 2.75) is 12.8 Å². The molecule has 108 valence electrons. The van der Waals surface area contributed by atoms with Crippen molar-refractivity contribution in [3.63, 3.8) is 0 Å². The van der Waals surface area contributed by atoms with Crippen molar-refractivity contribution in [2.75, 3.05) is 25.0 Å². The molecule has 2 heterocycles. The Bertz CT molecular complexity index is 484. The monoisotopic (exact) mass is 340 g/mol. The standard InChI is InChI=1S/C13H17BrN4O2/c14-10-1-2-11(16-8-10)17-13(20)9-3-5-18(6-4-9)12(19)7-15/h1-2,8-9H,3-7,15H2,(H,16,17,20). The zero-order chi connectivity index (χ0) is 14.5. The number of hydrogen-bond donors (Lipinski definition) is 2. The summed E-state index contributed by atoms with van der Waals surface area (Å²) >= 11 is 3.29. The molecule has 0 atom stereocenters. The summed E-state index contributed by atoms with van der Waals surface area (Å²) in [5.74, 6) is 0.360. The van der Waals surface area contributed by atoms with Crippen LogP contribution in [0.2, 0.25) is 0 Å². The first-order valence-electron chi connectivity index (χ1n) is 6.50. The average molecular weight is 341 g/mol. The third-order valence-corrected chi connectivity index (χ3v) is 3.84. The first kappa shape index (κ1) is 14.9. The van der Waals surface area contributed by atoms with Gasteiger partial charge >= 0.3 is 0 Å². The molecule has 0 unspecified atom stereocenters. The minimum Gasteiger partial charge on any atom is -0.342 e. The summed E-state index contributed by atoms with van der Waals surface area (Å²) in [7, 11) is 0. The van der Waals surface area contributed by atoms with Crippen LogP contribution >= 0.6 is 15.9 Å². The number of pyridine rings is 1. The van der Waals surface area contributed by atoms with E-state index in [1.165, 1.54) is 0 Å². The van der Waals surface area contributed by atoms with E-state index in [-0.39, 0.29) is 24.3 Å². The lowest BCUT2D eigenvalue weighted by atomic mass is 9.96. The molecule has 1 aliphatic heterocycles. The number of likely N-dealkylation sites (tertiary alicyclic amines) is 1. The number of nitrogens with zero attached hydrogens (tertiary/aromatic N) is 2. The SMILES string of the molecule is NCC(=O)N1CCC(C(=O)Nc2ccc(Br)cn2)CC1. The van der Waals surface area contributed by atoms with E-state index in [4.69, 9.17) is 5.73 Å². The van der Waals surface area contributed by atoms with Gasteiger partial charge in [-0.3, -0.25) is 9.59 Å². The van der Waals surface area contributed by atoms with Gasteiger partial charge in [0.15, 0.2) is 0 Å². The smallest absolute Gasteiger partial charge is 0.236 e. The average Bonchev–Trinajstić information content (AvgIpc) is 2.49. The molecule has 3 N–H and O–H groups in total. The molecule has 1 aliphatic rings. The largest absolute Gasteiger partial charge is 0.342 e. The van der Waals surface area contributed by atoms with Crippen molar-refractivity contribution in [1.82, 2.24) is 9.88 Å². The van der Waals surface area contributed by atoms with Crippen molar-refractivity contribution in [3.05, 3.63) is 22.8 Å². The Hall–Kier alpha value is -1.47. The summed E-state index contributed by atoms with van der Waals surface area (Å²) in [6.07, 6.45) is 2.96. The Labute approximate surface area is 125 Å². The van der Waals surface area contributed by atoms with Crippen LogP contribution in [-0.4, -0.2) is 41.3 Å². The third-order valence-electron chi connectivity index (χ3n) is 3.37. The number of piperidine rings is 1. The Morgan fingerprint density at radius 3 is 2.65 bits per heavy atom. The van der Waals surface area contributed by atoms with Crippen molar-refractivity contribution in [1.29, 1.82) is 0 Å². The number of carbonyl (C=O) groups excluding carboxylic acids is 2. The van der Waals surface area contributed by atoms with Crippen molar-refractivity contribution in [3.8, 4) is 0 Å². The van der Waals surface area contributed by atoms with E-state index >= 15 is 0 Å². The second kappa shape index (κ2) is 6.81. The van der Waals surface area contributed by atoms with Crippen LogP contribution in [0.15, 0.2) is 22.8 Å². The molecule has 6 nitrogen and oxygen atoms in total. The fraction of sp³-hybridized carbons (Fsp3) is 0.462. The number of nitrogens with two attached hydrogens (primary N) is 1. The molecule has 20 heavy (non-hydrogen) atoms. The minimum absolute atomic E-state index is 0.0275. The molecule has 1 saturated heterocycles. The fourth-order valence-corrected chi connectivity index (χ4v) is 2.43. The number of halogens is 1. The van der Waals surface area contributed by atoms with Gasteiger partial charge in [0.2, 0.25) is 11.8 Å². The van der Waals surface area contributed by atoms with E-state index in [1.807, 2.05) is 6.07 Å². The maximum Gasteiger partial charge on any atom is 0.236 e. The molecule has 0 aromatic carbocycles. The summed E-state index contributed by atoms with van der Waals surface area (Å²) < 4.78 is 0.865. The summed E-state index contributed by atoms with van der Waals surface area (Å²) in [5, 5.41) is 2.80. The Morgan fingerprint density at radius 2 is 2.10 bits per heavy atom. The van der Waals surface area contributed by atoms with E-state index in [0.29, 0.717) is 31.7 Å². The van der Waals surface area contributed by atoms with Gasteiger partial charge in [0.1, 0.15) is 5.82 Å². The van der Waals surface area contributed by atoms with E-state index in [2.05, 4.69) is 26.2 Å². The fourth-order valence-electron chi connectivity index (χ4n) is 2.20. The summed E-state index contributed by atoms with van der Waals surface area (Å²) in [6, 6.07) is 3.57. The number of hydrogen-bond acceptors (Lipinski definition) is 4. The van der Waals surface area contributed by atoms with Crippen molar-refractivity contribution >= 4 is 33.6 Å². The molecule has 2 rings (SSSR count). The number of anilines is 1. The number of nitrogens with one attached hydrogen (secondary N) is 1. The van der Waals surface area contributed by atoms with Gasteiger partial charge in [0.05, 0.1) is 6.54 Å². The van der Waals surface area contributed by atoms with Gasteiger partial charge in [-0.05, 0) is 40.9 Å². The Balaban J connectivity index is 1.85. The van der Waals surface area contributed by atoms with Gasteiger partial charge in [0, 0.05) is 29.7 Å². The highest BCUT2D eigenvalue weighted by Crippen LogP contribution is 2.19. The number of amides is 2. The molecule has 2 amide bonds. The van der Waals surface area contributed by atoms with E-state index < -0.39 is 0 Å². The Kier molecular flexibility index (Phi) is 5.08. The number of carbonyl (C=O) groups is 2. The molecule has 0 bridgehead atoms. The van der Waals surface area contributed by atoms with Gasteiger partial charge in [-0.2, -0.15) is 0 Å². The second-order valence-electron chi connectivity index (χ2n) is 4.71. The highest BCUT2D eigenvalue weighted by Gasteiger charge is 2.26. The molecular weight excluding hydrogens is 324 g/mol. The maximum atomic E-state index is 12.1. The first-order chi connectivity index (χ1) is 9.60. The van der Waals surface area contributed by atoms with Gasteiger partial charge in [-0.1, -0.05) is 0 Å². The van der Waals surface area contributed by atoms with Crippen LogP contribution in [-0.2, 0) is 9.59 Å². The van der Waals surface area contributed by atoms with Crippen LogP contribution < -0.4 is 11.1 Å². The number of rotatable bonds is 3. The third kappa shape index (κ3) is 3.77. The summed E-state index contributed by atoms with van der Waals surface area (Å²) in [6.45, 7) is 1.20. The molecule has 0 radical (unpaired) electrons. The predicted octanol–water partition coefficient (Wildman–Crippen LogP) is 0.980. The molecule has 0 aliphatic carbocycles. The lowest BCUT2D eigenvalue weighted by Crippen LogP contribution is -2.43. The quantitative estimate of drug-likeness (QED) is 0.858. The van der Waals surface area contributed by atoms with Gasteiger partial charge < -0.3 is 16.0 Å². The lowest BCUT2D eigenvalue weighted by molar-refractivity contribution is -0.133. The molecule has 1 aromatic heterocycles. The highest BCUT2D eigenvalue weighted by molar-refractivity contribution is 9.10. The molecule has 1 aromatic rings. The summed E-state index contributed by atoms with van der Waals surface area (Å²) in [4.78, 5) is 29.4. The van der Waals surface area contributed by atoms with Gasteiger partial charge in [0.25, 0.3) is 0 Å². The normalized spacial score (nSPS) is 16.0. The predicted molar refractivity (Wildman–Crippen MR) is 78.9 cm³/mol. The van der Waals surface area contributed by atoms with Crippen LogP contribution in [0.4, 0.5) is 5.82 Å². The van der Waals surface area contributed by atoms with Crippen molar-refractivity contribution < 1.29 is 9.59 Å². The second-order valence-corrected chi connectivity index (χ2v) is 5.63. The Morgan fingerprint density at radius 1 is 1.40 bits per heavy atom. The van der Waals surface area contributed by atoms with Crippen LogP contribution in [0, 0.1) is 5.92 Å². The van der Waals surface area contributed by atoms with Crippen LogP contribution in [0.25, 0.3) is 0 Å². The van der Waals surface area contributed by atoms with Crippen molar-refractivity contribution in [2.24, 2.45) is 11.7 Å². The van der Waals surface area contributed by atoms with E-state index in [9.17, 15) is 9.59 Å². The molecule has 7 heteroatoms. The minimum atomic E-state index is -0.0812. The molecule has 1 fully saturated rings. The maximum absolute atomic E-state index is 12.1. The number of aromatic nitrogens is 1. The molecular formula is C13H17BrN4O2. The topological polar surface area (TPSA) is 88.3 Å². The lowest BCUT2D eigenvalue weighted by Gasteiger charge is -2.31. The van der Waals surface area contributed by atoms with E-state index in [1.54, 1.807) is 17.2 Å². The first-order valence-corrected chi connectivity index (χ1v) is 7.29. The highest BCUT2D eigenvalue weighted by atomic mass is 79.9.